The minimum Gasteiger partial charge on any atom is -0.373 e. The van der Waals surface area contributed by atoms with Crippen LogP contribution in [-0.2, 0) is 16.1 Å². The van der Waals surface area contributed by atoms with Gasteiger partial charge >= 0.3 is 0 Å². The van der Waals surface area contributed by atoms with Crippen molar-refractivity contribution in [1.82, 2.24) is 14.7 Å². The van der Waals surface area contributed by atoms with Crippen molar-refractivity contribution in [2.75, 3.05) is 19.7 Å². The first kappa shape index (κ1) is 13.9. The smallest absolute Gasteiger partial charge is 0.244 e. The molecule has 2 saturated heterocycles. The van der Waals surface area contributed by atoms with Gasteiger partial charge in [-0.25, -0.2) is 0 Å². The highest BCUT2D eigenvalue weighted by molar-refractivity contribution is 6.30. The molecule has 0 saturated carbocycles. The molecule has 0 aromatic carbocycles. The molecular formula is C14H20ClN3O2. The van der Waals surface area contributed by atoms with Crippen molar-refractivity contribution < 1.29 is 9.53 Å². The van der Waals surface area contributed by atoms with Crippen LogP contribution in [0.2, 0.25) is 5.02 Å². The van der Waals surface area contributed by atoms with Gasteiger partial charge in [0.1, 0.15) is 6.54 Å². The summed E-state index contributed by atoms with van der Waals surface area (Å²) in [5.74, 6) is 0.736. The fourth-order valence-corrected chi connectivity index (χ4v) is 3.36. The molecule has 2 aliphatic rings. The summed E-state index contributed by atoms with van der Waals surface area (Å²) < 4.78 is 7.59. The van der Waals surface area contributed by atoms with Crippen LogP contribution < -0.4 is 0 Å². The first-order valence-electron chi connectivity index (χ1n) is 7.20. The molecule has 6 heteroatoms. The Morgan fingerprint density at radius 3 is 3.15 bits per heavy atom. The Labute approximate surface area is 123 Å². The number of carbonyl (C=O) groups excluding carboxylic acids is 1. The zero-order valence-electron chi connectivity index (χ0n) is 11.7. The van der Waals surface area contributed by atoms with Crippen LogP contribution in [0, 0.1) is 5.92 Å². The van der Waals surface area contributed by atoms with Gasteiger partial charge in [-0.15, -0.1) is 0 Å². The number of hydrogen-bond acceptors (Lipinski definition) is 3. The second-order valence-electron chi connectivity index (χ2n) is 5.89. The molecule has 0 radical (unpaired) electrons. The van der Waals surface area contributed by atoms with Crippen LogP contribution in [-0.4, -0.2) is 45.9 Å². The number of ether oxygens (including phenoxy) is 1. The highest BCUT2D eigenvalue weighted by atomic mass is 35.5. The molecular weight excluding hydrogens is 278 g/mol. The fourth-order valence-electron chi connectivity index (χ4n) is 3.21. The normalized spacial score (nSPS) is 29.5. The molecule has 110 valence electrons. The van der Waals surface area contributed by atoms with Gasteiger partial charge in [-0.05, 0) is 18.8 Å². The Bertz CT molecular complexity index is 504. The largest absolute Gasteiger partial charge is 0.373 e. The summed E-state index contributed by atoms with van der Waals surface area (Å²) in [4.78, 5) is 14.2. The lowest BCUT2D eigenvalue weighted by atomic mass is 9.92. The van der Waals surface area contributed by atoms with Crippen LogP contribution in [0.4, 0.5) is 0 Å². The first-order chi connectivity index (χ1) is 9.60. The summed E-state index contributed by atoms with van der Waals surface area (Å²) in [6.45, 7) is 4.79. The molecule has 1 aromatic heterocycles. The number of hydrogen-bond donors (Lipinski definition) is 0. The third kappa shape index (κ3) is 2.69. The maximum atomic E-state index is 12.3. The predicted octanol–water partition coefficient (Wildman–Crippen LogP) is 1.95. The topological polar surface area (TPSA) is 47.4 Å². The van der Waals surface area contributed by atoms with Gasteiger partial charge in [0.2, 0.25) is 5.91 Å². The zero-order valence-corrected chi connectivity index (χ0v) is 12.5. The molecule has 0 N–H and O–H groups in total. The van der Waals surface area contributed by atoms with E-state index < -0.39 is 0 Å². The van der Waals surface area contributed by atoms with Crippen LogP contribution >= 0.6 is 11.6 Å². The number of likely N-dealkylation sites (tertiary alicyclic amines) is 1. The van der Waals surface area contributed by atoms with Crippen LogP contribution in [0.3, 0.4) is 0 Å². The van der Waals surface area contributed by atoms with Crippen molar-refractivity contribution in [3.05, 3.63) is 17.4 Å². The van der Waals surface area contributed by atoms with E-state index in [2.05, 4.69) is 12.0 Å². The molecule has 2 unspecified atom stereocenters. The van der Waals surface area contributed by atoms with E-state index in [1.54, 1.807) is 17.1 Å². The van der Waals surface area contributed by atoms with Crippen molar-refractivity contribution in [2.45, 2.75) is 38.3 Å². The molecule has 3 rings (SSSR count). The minimum absolute atomic E-state index is 0.0852. The average Bonchev–Trinajstić information content (AvgIpc) is 3.12. The van der Waals surface area contributed by atoms with Crippen molar-refractivity contribution in [3.8, 4) is 0 Å². The van der Waals surface area contributed by atoms with Crippen LogP contribution in [0.5, 0.6) is 0 Å². The van der Waals surface area contributed by atoms with E-state index in [1.165, 1.54) is 0 Å². The minimum atomic E-state index is -0.0852. The molecule has 1 spiro atoms. The summed E-state index contributed by atoms with van der Waals surface area (Å²) in [5.41, 5.74) is -0.0852. The SMILES string of the molecule is CCC1COC2(CCN(C(=O)Cn3cc(Cl)cn3)C2)C1. The van der Waals surface area contributed by atoms with E-state index in [4.69, 9.17) is 16.3 Å². The summed E-state index contributed by atoms with van der Waals surface area (Å²) in [6.07, 6.45) is 6.41. The van der Waals surface area contributed by atoms with Gasteiger partial charge in [-0.2, -0.15) is 5.10 Å². The van der Waals surface area contributed by atoms with Gasteiger partial charge < -0.3 is 9.64 Å². The highest BCUT2D eigenvalue weighted by Crippen LogP contribution is 2.38. The van der Waals surface area contributed by atoms with E-state index in [-0.39, 0.29) is 18.1 Å². The van der Waals surface area contributed by atoms with E-state index in [0.717, 1.165) is 39.0 Å². The zero-order chi connectivity index (χ0) is 14.2. The van der Waals surface area contributed by atoms with Crippen molar-refractivity contribution in [2.24, 2.45) is 5.92 Å². The van der Waals surface area contributed by atoms with E-state index in [1.807, 2.05) is 4.90 Å². The highest BCUT2D eigenvalue weighted by Gasteiger charge is 2.46. The van der Waals surface area contributed by atoms with Crippen molar-refractivity contribution in [3.63, 3.8) is 0 Å². The fraction of sp³-hybridized carbons (Fsp3) is 0.714. The first-order valence-corrected chi connectivity index (χ1v) is 7.58. The van der Waals surface area contributed by atoms with E-state index in [9.17, 15) is 4.79 Å². The second kappa shape index (κ2) is 5.37. The maximum Gasteiger partial charge on any atom is 0.244 e. The molecule has 3 heterocycles. The average molecular weight is 298 g/mol. The standard InChI is InChI=1S/C14H20ClN3O2/c1-2-11-5-14(20-9-11)3-4-17(10-14)13(19)8-18-7-12(15)6-16-18/h6-7,11H,2-5,8-10H2,1H3. The van der Waals surface area contributed by atoms with E-state index in [0.29, 0.717) is 10.9 Å². The number of aromatic nitrogens is 2. The van der Waals surface area contributed by atoms with Gasteiger partial charge in [0.05, 0.1) is 23.4 Å². The van der Waals surface area contributed by atoms with Crippen LogP contribution in [0.25, 0.3) is 0 Å². The molecule has 2 aliphatic heterocycles. The van der Waals surface area contributed by atoms with Gasteiger partial charge in [0.25, 0.3) is 0 Å². The van der Waals surface area contributed by atoms with Crippen LogP contribution in [0.15, 0.2) is 12.4 Å². The Kier molecular flexibility index (Phi) is 3.73. The molecule has 0 bridgehead atoms. The summed E-state index contributed by atoms with van der Waals surface area (Å²) in [7, 11) is 0. The number of nitrogens with zero attached hydrogens (tertiary/aromatic N) is 3. The van der Waals surface area contributed by atoms with Crippen molar-refractivity contribution in [1.29, 1.82) is 0 Å². The van der Waals surface area contributed by atoms with E-state index >= 15 is 0 Å². The molecule has 20 heavy (non-hydrogen) atoms. The molecule has 0 aliphatic carbocycles. The number of amides is 1. The third-order valence-corrected chi connectivity index (χ3v) is 4.63. The summed E-state index contributed by atoms with van der Waals surface area (Å²) >= 11 is 5.81. The Morgan fingerprint density at radius 2 is 2.50 bits per heavy atom. The quantitative estimate of drug-likeness (QED) is 0.857. The molecule has 1 aromatic rings. The lowest BCUT2D eigenvalue weighted by molar-refractivity contribution is -0.132. The summed E-state index contributed by atoms with van der Waals surface area (Å²) in [6, 6.07) is 0. The summed E-state index contributed by atoms with van der Waals surface area (Å²) in [5, 5.41) is 4.60. The number of rotatable bonds is 3. The van der Waals surface area contributed by atoms with Crippen LogP contribution in [0.1, 0.15) is 26.2 Å². The third-order valence-electron chi connectivity index (χ3n) is 4.43. The number of carbonyl (C=O) groups is 1. The lowest BCUT2D eigenvalue weighted by Gasteiger charge is -2.23. The predicted molar refractivity (Wildman–Crippen MR) is 75.5 cm³/mol. The second-order valence-corrected chi connectivity index (χ2v) is 6.33. The van der Waals surface area contributed by atoms with Gasteiger partial charge in [0.15, 0.2) is 0 Å². The molecule has 2 atom stereocenters. The monoisotopic (exact) mass is 297 g/mol. The maximum absolute atomic E-state index is 12.3. The molecule has 5 nitrogen and oxygen atoms in total. The lowest BCUT2D eigenvalue weighted by Crippen LogP contribution is -2.37. The number of halogens is 1. The Hall–Kier alpha value is -1.07. The van der Waals surface area contributed by atoms with Gasteiger partial charge in [0, 0.05) is 19.3 Å². The molecule has 2 fully saturated rings. The Balaban J connectivity index is 1.58. The van der Waals surface area contributed by atoms with Crippen molar-refractivity contribution >= 4 is 17.5 Å². The van der Waals surface area contributed by atoms with Gasteiger partial charge in [-0.1, -0.05) is 24.9 Å². The molecule has 1 amide bonds. The van der Waals surface area contributed by atoms with Gasteiger partial charge in [-0.3, -0.25) is 9.48 Å². The Morgan fingerprint density at radius 1 is 1.65 bits per heavy atom.